The van der Waals surface area contributed by atoms with Gasteiger partial charge in [0.25, 0.3) is 5.91 Å². The Balaban J connectivity index is 1.71. The van der Waals surface area contributed by atoms with Gasteiger partial charge in [0.15, 0.2) is 11.6 Å². The minimum Gasteiger partial charge on any atom is -0.616 e. The highest BCUT2D eigenvalue weighted by molar-refractivity contribution is 7.90. The molecule has 0 radical (unpaired) electrons. The van der Waals surface area contributed by atoms with Crippen LogP contribution in [0.4, 0.5) is 5.69 Å². The number of hydrogen-bond donors (Lipinski definition) is 0. The van der Waals surface area contributed by atoms with E-state index in [4.69, 9.17) is 0 Å². The maximum Gasteiger partial charge on any atom is 0.276 e. The van der Waals surface area contributed by atoms with Gasteiger partial charge in [0, 0.05) is 26.2 Å². The van der Waals surface area contributed by atoms with Gasteiger partial charge in [-0.05, 0) is 36.2 Å². The number of rotatable bonds is 6. The highest BCUT2D eigenvalue weighted by Gasteiger charge is 2.28. The molecule has 1 saturated carbocycles. The Hall–Kier alpha value is -1.86. The van der Waals surface area contributed by atoms with Crippen molar-refractivity contribution in [1.29, 1.82) is 0 Å². The Morgan fingerprint density at radius 3 is 2.91 bits per heavy atom. The van der Waals surface area contributed by atoms with Gasteiger partial charge in [-0.15, -0.1) is 0 Å². The zero-order valence-corrected chi connectivity index (χ0v) is 14.1. The molecule has 0 spiro atoms. The highest BCUT2D eigenvalue weighted by Crippen LogP contribution is 2.31. The monoisotopic (exact) mass is 332 g/mol. The predicted octanol–water partition coefficient (Wildman–Crippen LogP) is 1.75. The summed E-state index contributed by atoms with van der Waals surface area (Å²) in [6, 6.07) is 3.61. The maximum absolute atomic E-state index is 12.6. The smallest absolute Gasteiger partial charge is 0.276 e. The van der Waals surface area contributed by atoms with Crippen LogP contribution in [0, 0.1) is 5.92 Å². The van der Waals surface area contributed by atoms with E-state index in [1.807, 2.05) is 6.07 Å². The molecule has 6 nitrogen and oxygen atoms in total. The predicted molar refractivity (Wildman–Crippen MR) is 89.6 cm³/mol. The zero-order chi connectivity index (χ0) is 16.4. The van der Waals surface area contributed by atoms with Crippen LogP contribution in [0.2, 0.25) is 0 Å². The lowest BCUT2D eigenvalue weighted by Crippen LogP contribution is -2.28. The number of pyridine rings is 1. The van der Waals surface area contributed by atoms with E-state index in [0.29, 0.717) is 23.2 Å². The van der Waals surface area contributed by atoms with Crippen LogP contribution >= 0.6 is 0 Å². The Labute approximate surface area is 138 Å². The van der Waals surface area contributed by atoms with Gasteiger partial charge in [-0.25, -0.2) is 4.98 Å². The molecular weight excluding hydrogens is 312 g/mol. The van der Waals surface area contributed by atoms with Crippen molar-refractivity contribution in [2.45, 2.75) is 18.6 Å². The quantitative estimate of drug-likeness (QED) is 0.755. The van der Waals surface area contributed by atoms with E-state index < -0.39 is 11.2 Å². The number of carbonyl (C=O) groups excluding carboxylic acids is 1. The first-order valence-corrected chi connectivity index (χ1v) is 9.08. The van der Waals surface area contributed by atoms with E-state index in [1.54, 1.807) is 43.3 Å². The van der Waals surface area contributed by atoms with Crippen molar-refractivity contribution in [3.8, 4) is 0 Å². The average Bonchev–Trinajstić information content (AvgIpc) is 3.30. The molecule has 0 N–H and O–H groups in total. The fourth-order valence-corrected chi connectivity index (χ4v) is 3.91. The standard InChI is InChI=1S/C16H20N4O2S/c1-19(13-4-3-7-17-8-13)16(21)14-9-18-15(20(14)2)11-23(22)10-12-5-6-12/h3-4,7-9,12H,5-6,10-11H2,1-2H3. The second-order valence-electron chi connectivity index (χ2n) is 5.89. The average molecular weight is 332 g/mol. The van der Waals surface area contributed by atoms with Crippen LogP contribution in [0.1, 0.15) is 29.2 Å². The summed E-state index contributed by atoms with van der Waals surface area (Å²) in [7, 11) is 3.50. The fraction of sp³-hybridized carbons (Fsp3) is 0.438. The summed E-state index contributed by atoms with van der Waals surface area (Å²) in [6.45, 7) is 0. The molecule has 122 valence electrons. The van der Waals surface area contributed by atoms with Gasteiger partial charge in [0.2, 0.25) is 0 Å². The van der Waals surface area contributed by atoms with Gasteiger partial charge in [-0.2, -0.15) is 0 Å². The number of aromatic nitrogens is 3. The van der Waals surface area contributed by atoms with Crippen LogP contribution in [0.3, 0.4) is 0 Å². The van der Waals surface area contributed by atoms with Crippen LogP contribution in [0.25, 0.3) is 0 Å². The molecule has 1 atom stereocenters. The molecule has 0 bridgehead atoms. The van der Waals surface area contributed by atoms with Crippen molar-refractivity contribution in [2.75, 3.05) is 17.7 Å². The van der Waals surface area contributed by atoms with Gasteiger partial charge in [0.1, 0.15) is 11.4 Å². The second-order valence-corrected chi connectivity index (χ2v) is 7.39. The van der Waals surface area contributed by atoms with Crippen LogP contribution < -0.4 is 4.90 Å². The van der Waals surface area contributed by atoms with E-state index in [0.717, 1.165) is 11.4 Å². The molecule has 2 aromatic rings. The minimum absolute atomic E-state index is 0.160. The number of anilines is 1. The van der Waals surface area contributed by atoms with Crippen LogP contribution in [-0.2, 0) is 24.0 Å². The van der Waals surface area contributed by atoms with Gasteiger partial charge in [0.05, 0.1) is 18.1 Å². The van der Waals surface area contributed by atoms with Crippen molar-refractivity contribution in [3.05, 3.63) is 42.2 Å². The molecule has 0 saturated heterocycles. The molecular formula is C16H20N4O2S. The molecule has 23 heavy (non-hydrogen) atoms. The van der Waals surface area contributed by atoms with Crippen molar-refractivity contribution in [3.63, 3.8) is 0 Å². The van der Waals surface area contributed by atoms with Gasteiger partial charge < -0.3 is 14.0 Å². The summed E-state index contributed by atoms with van der Waals surface area (Å²) in [5.74, 6) is 2.29. The van der Waals surface area contributed by atoms with Gasteiger partial charge in [-0.1, -0.05) is 0 Å². The number of carbonyl (C=O) groups is 1. The SMILES string of the molecule is CN(C(=O)c1cnc(C[S+]([O-])CC2CC2)n1C)c1cccnc1. The van der Waals surface area contributed by atoms with E-state index in [2.05, 4.69) is 9.97 Å². The van der Waals surface area contributed by atoms with E-state index in [-0.39, 0.29) is 5.91 Å². The first-order valence-electron chi connectivity index (χ1n) is 7.60. The minimum atomic E-state index is -0.914. The Morgan fingerprint density at radius 1 is 1.48 bits per heavy atom. The molecule has 1 amide bonds. The third-order valence-electron chi connectivity index (χ3n) is 4.05. The van der Waals surface area contributed by atoms with Crippen molar-refractivity contribution >= 4 is 22.8 Å². The molecule has 0 aliphatic heterocycles. The Morgan fingerprint density at radius 2 is 2.26 bits per heavy atom. The lowest BCUT2D eigenvalue weighted by molar-refractivity contribution is 0.0985. The summed E-state index contributed by atoms with van der Waals surface area (Å²) in [4.78, 5) is 22.5. The summed E-state index contributed by atoms with van der Waals surface area (Å²) in [5, 5.41) is 0. The van der Waals surface area contributed by atoms with Gasteiger partial charge in [-0.3, -0.25) is 9.78 Å². The molecule has 2 aromatic heterocycles. The van der Waals surface area contributed by atoms with Crippen molar-refractivity contribution in [1.82, 2.24) is 14.5 Å². The molecule has 2 heterocycles. The normalized spacial score (nSPS) is 15.4. The third kappa shape index (κ3) is 3.73. The second kappa shape index (κ2) is 6.72. The molecule has 1 aliphatic carbocycles. The number of nitrogens with zero attached hydrogens (tertiary/aromatic N) is 4. The molecule has 3 rings (SSSR count). The molecule has 1 unspecified atom stereocenters. The number of hydrogen-bond acceptors (Lipinski definition) is 4. The zero-order valence-electron chi connectivity index (χ0n) is 13.3. The lowest BCUT2D eigenvalue weighted by Gasteiger charge is -2.17. The van der Waals surface area contributed by atoms with E-state index >= 15 is 0 Å². The topological polar surface area (TPSA) is 74.1 Å². The largest absolute Gasteiger partial charge is 0.616 e. The van der Waals surface area contributed by atoms with Crippen LogP contribution in [-0.4, -0.2) is 37.8 Å². The first kappa shape index (κ1) is 16.0. The van der Waals surface area contributed by atoms with Crippen LogP contribution in [0.15, 0.2) is 30.7 Å². The molecule has 1 fully saturated rings. The summed E-state index contributed by atoms with van der Waals surface area (Å²) >= 11 is -0.914. The summed E-state index contributed by atoms with van der Waals surface area (Å²) in [6.07, 6.45) is 7.23. The Bertz CT molecular complexity index is 685. The summed E-state index contributed by atoms with van der Waals surface area (Å²) < 4.78 is 13.8. The number of amides is 1. The maximum atomic E-state index is 12.6. The van der Waals surface area contributed by atoms with Gasteiger partial charge >= 0.3 is 0 Å². The molecule has 0 aromatic carbocycles. The van der Waals surface area contributed by atoms with E-state index in [1.165, 1.54) is 17.7 Å². The summed E-state index contributed by atoms with van der Waals surface area (Å²) in [5.41, 5.74) is 1.20. The third-order valence-corrected chi connectivity index (χ3v) is 5.47. The Kier molecular flexibility index (Phi) is 4.68. The first-order chi connectivity index (χ1) is 11.1. The fourth-order valence-electron chi connectivity index (χ4n) is 2.37. The number of imidazole rings is 1. The highest BCUT2D eigenvalue weighted by atomic mass is 32.2. The molecule has 7 heteroatoms. The van der Waals surface area contributed by atoms with Crippen molar-refractivity contribution < 1.29 is 9.35 Å². The molecule has 1 aliphatic rings. The van der Waals surface area contributed by atoms with Crippen molar-refractivity contribution in [2.24, 2.45) is 13.0 Å². The van der Waals surface area contributed by atoms with E-state index in [9.17, 15) is 9.35 Å². The van der Waals surface area contributed by atoms with Crippen LogP contribution in [0.5, 0.6) is 0 Å². The lowest BCUT2D eigenvalue weighted by atomic mass is 10.3.